The largest absolute Gasteiger partial charge is 0.481 e. The zero-order valence-electron chi connectivity index (χ0n) is 19.9. The summed E-state index contributed by atoms with van der Waals surface area (Å²) in [5.41, 5.74) is 3.51. The Morgan fingerprint density at radius 2 is 1.97 bits per heavy atom. The predicted molar refractivity (Wildman–Crippen MR) is 130 cm³/mol. The Balaban J connectivity index is 1.66. The maximum atomic E-state index is 12.9. The summed E-state index contributed by atoms with van der Waals surface area (Å²) in [5, 5.41) is 20.7. The van der Waals surface area contributed by atoms with E-state index in [0.717, 1.165) is 36.0 Å². The molecule has 3 N–H and O–H groups in total. The second-order valence-corrected chi connectivity index (χ2v) is 10.5. The Morgan fingerprint density at radius 1 is 1.24 bits per heavy atom. The zero-order chi connectivity index (χ0) is 24.5. The lowest BCUT2D eigenvalue weighted by molar-refractivity contribution is -0.145. The first-order valence-corrected chi connectivity index (χ1v) is 11.9. The van der Waals surface area contributed by atoms with E-state index >= 15 is 0 Å². The van der Waals surface area contributed by atoms with E-state index in [4.69, 9.17) is 6.42 Å². The number of aliphatic carboxylic acids is 1. The number of terminal acetylenes is 1. The van der Waals surface area contributed by atoms with Crippen LogP contribution < -0.4 is 0 Å². The van der Waals surface area contributed by atoms with Gasteiger partial charge in [0.2, 0.25) is 5.78 Å². The molecule has 0 unspecified atom stereocenters. The molecule has 0 bridgehead atoms. The Morgan fingerprint density at radius 3 is 2.56 bits per heavy atom. The van der Waals surface area contributed by atoms with E-state index in [9.17, 15) is 19.8 Å². The van der Waals surface area contributed by atoms with Crippen molar-refractivity contribution < 1.29 is 19.8 Å². The van der Waals surface area contributed by atoms with E-state index in [0.29, 0.717) is 31.4 Å². The number of H-pyrrole nitrogens is 1. The van der Waals surface area contributed by atoms with E-state index in [1.165, 1.54) is 11.8 Å². The van der Waals surface area contributed by atoms with Crippen LogP contribution in [0, 0.1) is 23.7 Å². The molecule has 1 aromatic carbocycles. The zero-order valence-corrected chi connectivity index (χ0v) is 19.9. The van der Waals surface area contributed by atoms with E-state index in [2.05, 4.69) is 35.8 Å². The van der Waals surface area contributed by atoms with Crippen LogP contribution in [-0.4, -0.2) is 31.9 Å². The molecule has 2 aliphatic rings. The molecule has 2 aliphatic carbocycles. The standard InChI is InChI=1S/C28H32N2O4/c1-4-22-17-29-25(30-22)24(31)15-20-5-6-21(28(34)13-9-19(10-14-28)26(32)33)16-23(20)18-7-11-27(2,3)12-8-18/h1,5-7,16-17,19,34H,8-15H2,2-3H3,(H,29,30)(H,32,33). The minimum atomic E-state index is -1.06. The molecule has 34 heavy (non-hydrogen) atoms. The van der Waals surface area contributed by atoms with Gasteiger partial charge in [-0.3, -0.25) is 9.59 Å². The number of allylic oxidation sites excluding steroid dienone is 2. The molecule has 0 radical (unpaired) electrons. The lowest BCUT2D eigenvalue weighted by atomic mass is 9.73. The lowest BCUT2D eigenvalue weighted by Crippen LogP contribution is -2.34. The molecule has 1 fully saturated rings. The molecular formula is C28H32N2O4. The third-order valence-corrected chi connectivity index (χ3v) is 7.47. The highest BCUT2D eigenvalue weighted by atomic mass is 16.4. The maximum Gasteiger partial charge on any atom is 0.306 e. The molecule has 0 saturated heterocycles. The first-order chi connectivity index (χ1) is 16.1. The smallest absolute Gasteiger partial charge is 0.306 e. The van der Waals surface area contributed by atoms with Crippen LogP contribution >= 0.6 is 0 Å². The molecule has 1 aromatic heterocycles. The summed E-state index contributed by atoms with van der Waals surface area (Å²) in [6.45, 7) is 4.51. The first kappa shape index (κ1) is 24.0. The predicted octanol–water partition coefficient (Wildman–Crippen LogP) is 4.87. The van der Waals surface area contributed by atoms with Crippen LogP contribution in [0.3, 0.4) is 0 Å². The molecule has 0 amide bonds. The molecule has 0 aliphatic heterocycles. The third-order valence-electron chi connectivity index (χ3n) is 7.47. The Bertz CT molecular complexity index is 1170. The van der Waals surface area contributed by atoms with E-state index < -0.39 is 17.5 Å². The molecule has 6 heteroatoms. The van der Waals surface area contributed by atoms with Gasteiger partial charge in [0.05, 0.1) is 17.7 Å². The van der Waals surface area contributed by atoms with Crippen LogP contribution in [0.4, 0.5) is 0 Å². The summed E-state index contributed by atoms with van der Waals surface area (Å²) in [5.74, 6) is 1.35. The number of carbonyl (C=O) groups excluding carboxylic acids is 1. The molecule has 0 atom stereocenters. The van der Waals surface area contributed by atoms with Gasteiger partial charge in [-0.05, 0) is 78.7 Å². The van der Waals surface area contributed by atoms with Crippen LogP contribution in [0.5, 0.6) is 0 Å². The number of nitrogens with one attached hydrogen (secondary N) is 1. The summed E-state index contributed by atoms with van der Waals surface area (Å²) in [6, 6.07) is 5.83. The molecule has 0 spiro atoms. The number of imidazole rings is 1. The van der Waals surface area contributed by atoms with Crippen LogP contribution in [-0.2, 0) is 16.8 Å². The van der Waals surface area contributed by atoms with Gasteiger partial charge in [-0.15, -0.1) is 6.42 Å². The van der Waals surface area contributed by atoms with Crippen molar-refractivity contribution in [2.75, 3.05) is 0 Å². The highest BCUT2D eigenvalue weighted by molar-refractivity contribution is 5.95. The third kappa shape index (κ3) is 5.00. The van der Waals surface area contributed by atoms with E-state index in [-0.39, 0.29) is 23.4 Å². The van der Waals surface area contributed by atoms with Crippen LogP contribution in [0.2, 0.25) is 0 Å². The van der Waals surface area contributed by atoms with Crippen LogP contribution in [0.1, 0.15) is 91.8 Å². The molecule has 1 saturated carbocycles. The van der Waals surface area contributed by atoms with Crippen molar-refractivity contribution >= 4 is 17.3 Å². The summed E-state index contributed by atoms with van der Waals surface area (Å²) in [6.07, 6.45) is 13.9. The molecule has 6 nitrogen and oxygen atoms in total. The Kier molecular flexibility index (Phi) is 6.51. The van der Waals surface area contributed by atoms with Gasteiger partial charge in [0.1, 0.15) is 5.69 Å². The average molecular weight is 461 g/mol. The Labute approximate surface area is 200 Å². The van der Waals surface area contributed by atoms with Crippen molar-refractivity contribution in [3.05, 3.63) is 58.7 Å². The summed E-state index contributed by atoms with van der Waals surface area (Å²) in [4.78, 5) is 31.3. The summed E-state index contributed by atoms with van der Waals surface area (Å²) >= 11 is 0. The number of rotatable bonds is 6. The first-order valence-electron chi connectivity index (χ1n) is 11.9. The molecule has 2 aromatic rings. The molecule has 178 valence electrons. The number of aromatic amines is 1. The van der Waals surface area contributed by atoms with Crippen molar-refractivity contribution in [2.45, 2.75) is 70.8 Å². The SMILES string of the molecule is C#Cc1cnc(C(=O)Cc2ccc(C3(O)CCC(C(=O)O)CC3)cc2C2=CCC(C)(C)CC2)[nH]1. The number of nitrogens with zero attached hydrogens (tertiary/aromatic N) is 1. The van der Waals surface area contributed by atoms with E-state index in [1.54, 1.807) is 0 Å². The van der Waals surface area contributed by atoms with Crippen molar-refractivity contribution in [3.8, 4) is 12.3 Å². The second kappa shape index (κ2) is 9.23. The fourth-order valence-electron chi connectivity index (χ4n) is 5.06. The van der Waals surface area contributed by atoms with Crippen LogP contribution in [0.15, 0.2) is 30.5 Å². The number of hydrogen-bond acceptors (Lipinski definition) is 4. The van der Waals surface area contributed by atoms with Gasteiger partial charge in [0, 0.05) is 6.42 Å². The van der Waals surface area contributed by atoms with Gasteiger partial charge < -0.3 is 15.2 Å². The molecule has 1 heterocycles. The lowest BCUT2D eigenvalue weighted by Gasteiger charge is -2.36. The number of carboxylic acids is 1. The van der Waals surface area contributed by atoms with Gasteiger partial charge in [-0.2, -0.15) is 0 Å². The topological polar surface area (TPSA) is 103 Å². The van der Waals surface area contributed by atoms with Gasteiger partial charge >= 0.3 is 5.97 Å². The quantitative estimate of drug-likeness (QED) is 0.421. The number of benzene rings is 1. The van der Waals surface area contributed by atoms with Crippen molar-refractivity contribution in [1.82, 2.24) is 9.97 Å². The number of carboxylic acid groups (broad SMARTS) is 1. The normalized spacial score (nSPS) is 24.2. The average Bonchev–Trinajstić information content (AvgIpc) is 3.29. The monoisotopic (exact) mass is 460 g/mol. The van der Waals surface area contributed by atoms with Gasteiger partial charge in [-0.25, -0.2) is 4.98 Å². The number of carbonyl (C=O) groups is 2. The minimum Gasteiger partial charge on any atom is -0.481 e. The minimum absolute atomic E-state index is 0.145. The fraction of sp³-hybridized carbons (Fsp3) is 0.464. The second-order valence-electron chi connectivity index (χ2n) is 10.5. The number of aromatic nitrogens is 2. The fourth-order valence-corrected chi connectivity index (χ4v) is 5.06. The van der Waals surface area contributed by atoms with Crippen LogP contribution in [0.25, 0.3) is 5.57 Å². The van der Waals surface area contributed by atoms with Gasteiger partial charge in [0.25, 0.3) is 0 Å². The number of aliphatic hydroxyl groups is 1. The van der Waals surface area contributed by atoms with Crippen molar-refractivity contribution in [3.63, 3.8) is 0 Å². The molecular weight excluding hydrogens is 428 g/mol. The number of ketones is 1. The number of hydrogen-bond donors (Lipinski definition) is 3. The molecule has 4 rings (SSSR count). The highest BCUT2D eigenvalue weighted by Gasteiger charge is 2.37. The Hall–Kier alpha value is -3.17. The summed E-state index contributed by atoms with van der Waals surface area (Å²) in [7, 11) is 0. The van der Waals surface area contributed by atoms with E-state index in [1.807, 2.05) is 18.2 Å². The highest BCUT2D eigenvalue weighted by Crippen LogP contribution is 2.43. The van der Waals surface area contributed by atoms with Gasteiger partial charge in [-0.1, -0.05) is 38.0 Å². The van der Waals surface area contributed by atoms with Gasteiger partial charge in [0.15, 0.2) is 5.82 Å². The summed E-state index contributed by atoms with van der Waals surface area (Å²) < 4.78 is 0. The number of Topliss-reactive ketones (excluding diaryl/α,β-unsaturated/α-hetero) is 1. The maximum absolute atomic E-state index is 12.9. The van der Waals surface area contributed by atoms with Crippen molar-refractivity contribution in [2.24, 2.45) is 11.3 Å². The van der Waals surface area contributed by atoms with Crippen molar-refractivity contribution in [1.29, 1.82) is 0 Å².